The molecule has 0 amide bonds. The second-order valence-corrected chi connectivity index (χ2v) is 5.70. The maximum Gasteiger partial charge on any atom is 0.214 e. The number of fused-ring (bicyclic) bond motifs is 1. The van der Waals surface area contributed by atoms with Gasteiger partial charge in [0, 0.05) is 37.4 Å². The molecule has 4 heteroatoms. The summed E-state index contributed by atoms with van der Waals surface area (Å²) in [5, 5.41) is 2.17. The molecule has 0 N–H and O–H groups in total. The fourth-order valence-corrected chi connectivity index (χ4v) is 3.20. The summed E-state index contributed by atoms with van der Waals surface area (Å²) in [6.45, 7) is 4.20. The lowest BCUT2D eigenvalue weighted by molar-refractivity contribution is -0.607. The zero-order valence-electron chi connectivity index (χ0n) is 14.7. The fraction of sp³-hybridized carbons (Fsp3) is 0.250. The normalized spacial score (nSPS) is 10.7. The van der Waals surface area contributed by atoms with Gasteiger partial charge in [0.05, 0.1) is 32.8 Å². The van der Waals surface area contributed by atoms with Crippen molar-refractivity contribution in [1.29, 1.82) is 0 Å². The molecule has 0 aliphatic rings. The van der Waals surface area contributed by atoms with Crippen molar-refractivity contribution in [3.05, 3.63) is 53.9 Å². The van der Waals surface area contributed by atoms with Gasteiger partial charge in [-0.05, 0) is 12.1 Å². The van der Waals surface area contributed by atoms with Crippen LogP contribution in [0.15, 0.2) is 42.5 Å². The minimum Gasteiger partial charge on any atom is -0.497 e. The summed E-state index contributed by atoms with van der Waals surface area (Å²) in [5.41, 5.74) is 3.30. The largest absolute Gasteiger partial charge is 0.497 e. The molecule has 0 aliphatic heterocycles. The number of nitrogens with zero attached hydrogens (tertiary/aromatic N) is 1. The lowest BCUT2D eigenvalue weighted by Crippen LogP contribution is -2.37. The lowest BCUT2D eigenvalue weighted by atomic mass is 10.1. The van der Waals surface area contributed by atoms with Crippen molar-refractivity contribution in [2.75, 3.05) is 21.3 Å². The van der Waals surface area contributed by atoms with Crippen LogP contribution in [-0.2, 0) is 0 Å². The SMILES string of the molecule is COc1cccc(-[n+]2c(C)cc3cc(OC)cc(OC)c3c2C)c1. The van der Waals surface area contributed by atoms with Gasteiger partial charge in [-0.25, -0.2) is 0 Å². The summed E-state index contributed by atoms with van der Waals surface area (Å²) in [4.78, 5) is 0. The van der Waals surface area contributed by atoms with E-state index in [-0.39, 0.29) is 0 Å². The van der Waals surface area contributed by atoms with Crippen molar-refractivity contribution >= 4 is 10.8 Å². The summed E-state index contributed by atoms with van der Waals surface area (Å²) >= 11 is 0. The third-order valence-electron chi connectivity index (χ3n) is 4.29. The number of rotatable bonds is 4. The van der Waals surface area contributed by atoms with Crippen molar-refractivity contribution in [1.82, 2.24) is 0 Å². The number of aromatic nitrogens is 1. The molecule has 0 aliphatic carbocycles. The molecule has 1 aromatic heterocycles. The Labute approximate surface area is 142 Å². The van der Waals surface area contributed by atoms with Gasteiger partial charge in [-0.2, -0.15) is 4.57 Å². The van der Waals surface area contributed by atoms with E-state index in [1.165, 1.54) is 0 Å². The topological polar surface area (TPSA) is 31.6 Å². The molecule has 124 valence electrons. The molecule has 3 rings (SSSR count). The molecule has 4 nitrogen and oxygen atoms in total. The van der Waals surface area contributed by atoms with Gasteiger partial charge in [-0.1, -0.05) is 6.07 Å². The number of methoxy groups -OCH3 is 3. The summed E-state index contributed by atoms with van der Waals surface area (Å²) < 4.78 is 18.6. The molecular formula is C20H22NO3+. The average molecular weight is 324 g/mol. The molecule has 0 saturated heterocycles. The maximum absolute atomic E-state index is 5.61. The standard InChI is InChI=1S/C20H22NO3/c1-13-9-15-10-18(23-4)12-19(24-5)20(15)14(2)21(13)16-7-6-8-17(11-16)22-3/h6-12H,1-5H3/q+1. The summed E-state index contributed by atoms with van der Waals surface area (Å²) in [6.07, 6.45) is 0. The minimum atomic E-state index is 0.789. The molecule has 0 unspecified atom stereocenters. The van der Waals surface area contributed by atoms with Crippen LogP contribution in [0.5, 0.6) is 17.2 Å². The van der Waals surface area contributed by atoms with E-state index in [2.05, 4.69) is 30.5 Å². The van der Waals surface area contributed by atoms with Crippen molar-refractivity contribution in [2.24, 2.45) is 0 Å². The lowest BCUT2D eigenvalue weighted by Gasteiger charge is -2.12. The monoisotopic (exact) mass is 324 g/mol. The number of pyridine rings is 1. The summed E-state index contributed by atoms with van der Waals surface area (Å²) in [5.74, 6) is 2.43. The zero-order valence-corrected chi connectivity index (χ0v) is 14.7. The highest BCUT2D eigenvalue weighted by Gasteiger charge is 2.21. The smallest absolute Gasteiger partial charge is 0.214 e. The summed E-state index contributed by atoms with van der Waals surface area (Å²) in [7, 11) is 5.03. The van der Waals surface area contributed by atoms with Crippen molar-refractivity contribution in [2.45, 2.75) is 13.8 Å². The minimum absolute atomic E-state index is 0.789. The number of aryl methyl sites for hydroxylation is 2. The number of ether oxygens (including phenoxy) is 3. The average Bonchev–Trinajstić information content (AvgIpc) is 2.60. The number of hydrogen-bond donors (Lipinski definition) is 0. The molecule has 0 atom stereocenters. The Hall–Kier alpha value is -2.75. The highest BCUT2D eigenvalue weighted by atomic mass is 16.5. The first-order chi connectivity index (χ1) is 11.6. The first-order valence-corrected chi connectivity index (χ1v) is 7.81. The van der Waals surface area contributed by atoms with Crippen molar-refractivity contribution in [3.63, 3.8) is 0 Å². The van der Waals surface area contributed by atoms with Crippen LogP contribution in [0.1, 0.15) is 11.4 Å². The number of benzene rings is 2. The predicted octanol–water partition coefficient (Wildman–Crippen LogP) is 3.76. The van der Waals surface area contributed by atoms with E-state index in [9.17, 15) is 0 Å². The van der Waals surface area contributed by atoms with Crippen LogP contribution >= 0.6 is 0 Å². The second kappa shape index (κ2) is 6.40. The van der Waals surface area contributed by atoms with Gasteiger partial charge >= 0.3 is 0 Å². The molecule has 1 heterocycles. The Bertz CT molecular complexity index is 903. The fourth-order valence-electron chi connectivity index (χ4n) is 3.20. The van der Waals surface area contributed by atoms with Gasteiger partial charge < -0.3 is 14.2 Å². The van der Waals surface area contributed by atoms with Crippen LogP contribution in [-0.4, -0.2) is 21.3 Å². The van der Waals surface area contributed by atoms with Crippen LogP contribution in [0.2, 0.25) is 0 Å². The molecule has 0 radical (unpaired) electrons. The van der Waals surface area contributed by atoms with E-state index >= 15 is 0 Å². The number of hydrogen-bond acceptors (Lipinski definition) is 3. The molecule has 0 fully saturated rings. The van der Waals surface area contributed by atoms with E-state index in [4.69, 9.17) is 14.2 Å². The Morgan fingerprint density at radius 3 is 2.21 bits per heavy atom. The summed E-state index contributed by atoms with van der Waals surface area (Å²) in [6, 6.07) is 14.1. The Balaban J connectivity index is 2.33. The van der Waals surface area contributed by atoms with E-state index in [1.807, 2.05) is 30.3 Å². The van der Waals surface area contributed by atoms with E-state index in [1.54, 1.807) is 21.3 Å². The second-order valence-electron chi connectivity index (χ2n) is 5.70. The highest BCUT2D eigenvalue weighted by Crippen LogP contribution is 2.33. The van der Waals surface area contributed by atoms with Crippen molar-refractivity contribution < 1.29 is 18.8 Å². The third kappa shape index (κ3) is 2.64. The van der Waals surface area contributed by atoms with Crippen molar-refractivity contribution in [3.8, 4) is 22.9 Å². The van der Waals surface area contributed by atoms with Crippen LogP contribution in [0.4, 0.5) is 0 Å². The van der Waals surface area contributed by atoms with E-state index in [0.29, 0.717) is 0 Å². The van der Waals surface area contributed by atoms with Gasteiger partial charge in [0.2, 0.25) is 5.69 Å². The first kappa shape index (κ1) is 16.1. The van der Waals surface area contributed by atoms with Crippen LogP contribution < -0.4 is 18.8 Å². The zero-order chi connectivity index (χ0) is 17.3. The highest BCUT2D eigenvalue weighted by molar-refractivity contribution is 5.91. The van der Waals surface area contributed by atoms with Crippen LogP contribution in [0.25, 0.3) is 16.5 Å². The Morgan fingerprint density at radius 2 is 1.54 bits per heavy atom. The van der Waals surface area contributed by atoms with Gasteiger partial charge in [0.15, 0.2) is 11.4 Å². The maximum atomic E-state index is 5.61. The molecule has 0 saturated carbocycles. The van der Waals surface area contributed by atoms with Crippen LogP contribution in [0, 0.1) is 13.8 Å². The molecule has 24 heavy (non-hydrogen) atoms. The quantitative estimate of drug-likeness (QED) is 0.685. The van der Waals surface area contributed by atoms with Gasteiger partial charge in [0.25, 0.3) is 0 Å². The third-order valence-corrected chi connectivity index (χ3v) is 4.29. The molecule has 2 aromatic carbocycles. The molecule has 0 spiro atoms. The predicted molar refractivity (Wildman–Crippen MR) is 94.6 cm³/mol. The first-order valence-electron chi connectivity index (χ1n) is 7.81. The van der Waals surface area contributed by atoms with Gasteiger partial charge in [0.1, 0.15) is 17.2 Å². The van der Waals surface area contributed by atoms with E-state index < -0.39 is 0 Å². The molecular weight excluding hydrogens is 302 g/mol. The van der Waals surface area contributed by atoms with Crippen LogP contribution in [0.3, 0.4) is 0 Å². The van der Waals surface area contributed by atoms with Gasteiger partial charge in [-0.15, -0.1) is 0 Å². The molecule has 0 bridgehead atoms. The van der Waals surface area contributed by atoms with E-state index in [0.717, 1.165) is 45.1 Å². The Morgan fingerprint density at radius 1 is 0.792 bits per heavy atom. The molecule has 3 aromatic rings. The Kier molecular flexibility index (Phi) is 4.30. The van der Waals surface area contributed by atoms with Gasteiger partial charge in [-0.3, -0.25) is 0 Å².